The van der Waals surface area contributed by atoms with Crippen LogP contribution in [-0.4, -0.2) is 30.8 Å². The van der Waals surface area contributed by atoms with E-state index in [1.165, 1.54) is 30.5 Å². The summed E-state index contributed by atoms with van der Waals surface area (Å²) in [6.07, 6.45) is 2.13. The normalized spacial score (nSPS) is 18.2. The fourth-order valence-corrected chi connectivity index (χ4v) is 4.59. The van der Waals surface area contributed by atoms with Crippen molar-refractivity contribution in [2.45, 2.75) is 18.5 Å². The van der Waals surface area contributed by atoms with Gasteiger partial charge in [0, 0.05) is 18.0 Å². The van der Waals surface area contributed by atoms with Crippen LogP contribution in [-0.2, 0) is 23.5 Å². The van der Waals surface area contributed by atoms with Crippen LogP contribution in [0.15, 0.2) is 51.9 Å². The zero-order valence-corrected chi connectivity index (χ0v) is 17.1. The number of hydrogen-bond acceptors (Lipinski definition) is 4. The van der Waals surface area contributed by atoms with Crippen LogP contribution in [0.3, 0.4) is 0 Å². The van der Waals surface area contributed by atoms with Crippen LogP contribution in [0.5, 0.6) is 0 Å². The molecule has 2 atom stereocenters. The van der Waals surface area contributed by atoms with E-state index in [2.05, 4.69) is 9.88 Å². The topological polar surface area (TPSA) is 82.1 Å². The number of nitrogens with one attached hydrogen (secondary N) is 1. The summed E-state index contributed by atoms with van der Waals surface area (Å²) in [5, 5.41) is 3.91. The fraction of sp³-hybridized carbons (Fsp3) is 0.200. The quantitative estimate of drug-likeness (QED) is 0.469. The van der Waals surface area contributed by atoms with E-state index in [1.807, 2.05) is 0 Å². The molecule has 3 heterocycles. The predicted octanol–water partition coefficient (Wildman–Crippen LogP) is 3.08. The highest BCUT2D eigenvalue weighted by Crippen LogP contribution is 2.39. The Morgan fingerprint density at radius 3 is 2.53 bits per heavy atom. The molecule has 0 saturated heterocycles. The number of halogens is 4. The molecule has 5 rings (SSSR count). The van der Waals surface area contributed by atoms with E-state index in [0.717, 1.165) is 27.5 Å². The van der Waals surface area contributed by atoms with Gasteiger partial charge >= 0.3 is 11.6 Å². The largest absolute Gasteiger partial charge is 0.354 e. The summed E-state index contributed by atoms with van der Waals surface area (Å²) in [5.74, 6) is -5.35. The maximum Gasteiger partial charge on any atom is 0.334 e. The number of benzene rings is 2. The third-order valence-corrected chi connectivity index (χ3v) is 5.99. The second-order valence-corrected chi connectivity index (χ2v) is 8.45. The first-order valence-corrected chi connectivity index (χ1v) is 10.9. The highest BCUT2D eigenvalue weighted by Gasteiger charge is 2.51. The summed E-state index contributed by atoms with van der Waals surface area (Å²) >= 11 is 0. The number of aromatic nitrogens is 3. The highest BCUT2D eigenvalue weighted by molar-refractivity contribution is 7.82. The lowest BCUT2D eigenvalue weighted by Gasteiger charge is -2.18. The molecule has 7 nitrogen and oxygen atoms in total. The third kappa shape index (κ3) is 2.93. The molecule has 12 heteroatoms. The summed E-state index contributed by atoms with van der Waals surface area (Å²) < 4.78 is 79.2. The number of rotatable bonds is 4. The van der Waals surface area contributed by atoms with Crippen molar-refractivity contribution >= 4 is 22.0 Å². The Morgan fingerprint density at radius 1 is 1.19 bits per heavy atom. The minimum Gasteiger partial charge on any atom is -0.354 e. The van der Waals surface area contributed by atoms with Crippen molar-refractivity contribution in [1.82, 2.24) is 19.0 Å². The molecule has 1 unspecified atom stereocenters. The van der Waals surface area contributed by atoms with Gasteiger partial charge in [-0.3, -0.25) is 4.57 Å². The molecule has 4 aromatic rings. The number of hydrogen-bond donors (Lipinski definition) is 1. The van der Waals surface area contributed by atoms with E-state index in [1.54, 1.807) is 0 Å². The Labute approximate surface area is 179 Å². The van der Waals surface area contributed by atoms with Crippen molar-refractivity contribution in [3.8, 4) is 16.9 Å². The first kappa shape index (κ1) is 20.6. The zero-order chi connectivity index (χ0) is 22.8. The van der Waals surface area contributed by atoms with E-state index in [-0.39, 0.29) is 27.9 Å². The molecule has 0 bridgehead atoms. The van der Waals surface area contributed by atoms with Gasteiger partial charge in [-0.25, -0.2) is 27.1 Å². The van der Waals surface area contributed by atoms with Crippen LogP contribution in [0.1, 0.15) is 5.69 Å². The maximum absolute atomic E-state index is 14.8. The minimum atomic E-state index is -3.49. The van der Waals surface area contributed by atoms with Gasteiger partial charge in [-0.1, -0.05) is 23.4 Å². The Morgan fingerprint density at radius 2 is 1.88 bits per heavy atom. The number of nitrogens with zero attached hydrogens (tertiary/aromatic N) is 3. The predicted molar refractivity (Wildman–Crippen MR) is 108 cm³/mol. The van der Waals surface area contributed by atoms with Crippen LogP contribution >= 0.6 is 0 Å². The van der Waals surface area contributed by atoms with Gasteiger partial charge in [0.15, 0.2) is 11.4 Å². The Bertz CT molecular complexity index is 1440. The molecule has 0 spiro atoms. The molecule has 1 aliphatic rings. The van der Waals surface area contributed by atoms with E-state index in [4.69, 9.17) is 4.52 Å². The number of imidazole rings is 1. The molecule has 0 amide bonds. The van der Waals surface area contributed by atoms with Gasteiger partial charge in [-0.2, -0.15) is 8.78 Å². The second kappa shape index (κ2) is 7.14. The lowest BCUT2D eigenvalue weighted by molar-refractivity contribution is -0.0244. The van der Waals surface area contributed by atoms with Gasteiger partial charge < -0.3 is 4.52 Å². The second-order valence-electron chi connectivity index (χ2n) is 7.31. The van der Waals surface area contributed by atoms with Gasteiger partial charge in [0.05, 0.1) is 28.5 Å². The molecular formula is C20H14F4N4O3S. The van der Waals surface area contributed by atoms with Crippen molar-refractivity contribution in [3.05, 3.63) is 70.4 Å². The first-order chi connectivity index (χ1) is 15.2. The van der Waals surface area contributed by atoms with Gasteiger partial charge in [0.25, 0.3) is 0 Å². The van der Waals surface area contributed by atoms with Crippen LogP contribution < -0.4 is 10.4 Å². The summed E-state index contributed by atoms with van der Waals surface area (Å²) in [6.45, 7) is -0.418. The molecule has 2 aromatic carbocycles. The summed E-state index contributed by atoms with van der Waals surface area (Å²) in [5.41, 5.74) is -1.63. The van der Waals surface area contributed by atoms with Crippen molar-refractivity contribution < 1.29 is 26.3 Å². The smallest absolute Gasteiger partial charge is 0.334 e. The van der Waals surface area contributed by atoms with Crippen LogP contribution in [0, 0.1) is 11.6 Å². The maximum atomic E-state index is 14.8. The molecule has 0 aliphatic carbocycles. The van der Waals surface area contributed by atoms with Crippen molar-refractivity contribution in [3.63, 3.8) is 0 Å². The lowest BCUT2D eigenvalue weighted by atomic mass is 10.0. The van der Waals surface area contributed by atoms with Crippen molar-refractivity contribution in [2.75, 3.05) is 6.26 Å². The summed E-state index contributed by atoms with van der Waals surface area (Å²) in [7, 11) is -1.71. The molecule has 1 aliphatic heterocycles. The number of fused-ring (bicyclic) bond motifs is 2. The Balaban J connectivity index is 1.71. The van der Waals surface area contributed by atoms with Gasteiger partial charge in [-0.15, -0.1) is 0 Å². The molecule has 32 heavy (non-hydrogen) atoms. The van der Waals surface area contributed by atoms with Gasteiger partial charge in [0.1, 0.15) is 23.4 Å². The molecule has 1 N–H and O–H groups in total. The van der Waals surface area contributed by atoms with Gasteiger partial charge in [-0.05, 0) is 18.2 Å². The van der Waals surface area contributed by atoms with Crippen LogP contribution in [0.4, 0.5) is 17.6 Å². The molecule has 0 saturated carbocycles. The first-order valence-electron chi connectivity index (χ1n) is 9.33. The third-order valence-electron chi connectivity index (χ3n) is 5.37. The average Bonchev–Trinajstić information content (AvgIpc) is 3.35. The van der Waals surface area contributed by atoms with Crippen LogP contribution in [0.2, 0.25) is 0 Å². The zero-order valence-electron chi connectivity index (χ0n) is 16.3. The van der Waals surface area contributed by atoms with E-state index in [9.17, 15) is 26.6 Å². The molecule has 0 radical (unpaired) electrons. The monoisotopic (exact) mass is 466 g/mol. The standard InChI is InChI=1S/C20H14F4N4O3S/c1-32(30)26-14-8-27-15(20(14,23)24)9-28(19(27)29)18-17-10(4-2-7-13(17)31-25-18)16-11(21)5-3-6-12(16)22/h2-7,9,14,26H,8H2,1H3/t14-,32?/m1/s1. The summed E-state index contributed by atoms with van der Waals surface area (Å²) in [4.78, 5) is 13.0. The van der Waals surface area contributed by atoms with E-state index < -0.39 is 52.5 Å². The molecule has 2 aromatic heterocycles. The summed E-state index contributed by atoms with van der Waals surface area (Å²) in [6, 6.07) is 6.24. The van der Waals surface area contributed by atoms with E-state index >= 15 is 0 Å². The van der Waals surface area contributed by atoms with Crippen molar-refractivity contribution in [2.24, 2.45) is 0 Å². The minimum absolute atomic E-state index is 0.0558. The molecular weight excluding hydrogens is 452 g/mol. The molecule has 0 fully saturated rings. The van der Waals surface area contributed by atoms with Gasteiger partial charge in [0.2, 0.25) is 0 Å². The van der Waals surface area contributed by atoms with Crippen LogP contribution in [0.25, 0.3) is 27.9 Å². The average molecular weight is 466 g/mol. The fourth-order valence-electron chi connectivity index (χ4n) is 3.97. The van der Waals surface area contributed by atoms with Crippen molar-refractivity contribution in [1.29, 1.82) is 0 Å². The number of alkyl halides is 2. The highest BCUT2D eigenvalue weighted by atomic mass is 32.2. The van der Waals surface area contributed by atoms with E-state index in [0.29, 0.717) is 0 Å². The Kier molecular flexibility index (Phi) is 4.60. The SMILES string of the molecule is CS(=O)N[C@@H]1Cn2c(cn(-c3noc4cccc(-c5c(F)cccc5F)c34)c2=O)C1(F)F. The molecule has 166 valence electrons. The lowest BCUT2D eigenvalue weighted by Crippen LogP contribution is -2.41. The Hall–Kier alpha value is -3.25.